The van der Waals surface area contributed by atoms with Crippen LogP contribution in [0.1, 0.15) is 40.9 Å². The molecule has 0 aliphatic carbocycles. The molecule has 0 aromatic heterocycles. The highest BCUT2D eigenvalue weighted by Gasteiger charge is 2.24. The van der Waals surface area contributed by atoms with E-state index in [0.29, 0.717) is 37.4 Å². The maximum Gasteiger partial charge on any atom is 0.251 e. The van der Waals surface area contributed by atoms with Gasteiger partial charge >= 0.3 is 0 Å². The minimum atomic E-state index is -3.38. The lowest BCUT2D eigenvalue weighted by molar-refractivity contribution is 0.0729. The molecule has 0 saturated carbocycles. The Bertz CT molecular complexity index is 876. The highest BCUT2D eigenvalue weighted by molar-refractivity contribution is 7.88. The molecule has 2 aromatic carbocycles. The largest absolute Gasteiger partial charge is 0.379 e. The van der Waals surface area contributed by atoms with Crippen molar-refractivity contribution in [3.63, 3.8) is 0 Å². The molecule has 1 atom stereocenters. The van der Waals surface area contributed by atoms with Crippen LogP contribution in [0.3, 0.4) is 0 Å². The first-order valence-corrected chi connectivity index (χ1v) is 11.1. The second-order valence-electron chi connectivity index (χ2n) is 6.81. The minimum Gasteiger partial charge on any atom is -0.379 e. The zero-order chi connectivity index (χ0) is 20.0. The Morgan fingerprint density at radius 1 is 1.07 bits per heavy atom. The predicted molar refractivity (Wildman–Crippen MR) is 108 cm³/mol. The number of sulfonamides is 1. The van der Waals surface area contributed by atoms with Gasteiger partial charge in [-0.2, -0.15) is 4.31 Å². The average molecular weight is 403 g/mol. The summed E-state index contributed by atoms with van der Waals surface area (Å²) in [6, 6.07) is 16.5. The van der Waals surface area contributed by atoms with Gasteiger partial charge in [-0.3, -0.25) is 4.79 Å². The second kappa shape index (κ2) is 9.32. The molecule has 7 heteroatoms. The molecule has 0 unspecified atom stereocenters. The lowest BCUT2D eigenvalue weighted by atomic mass is 10.0. The molecule has 28 heavy (non-hydrogen) atoms. The fraction of sp³-hybridized carbons (Fsp3) is 0.381. The van der Waals surface area contributed by atoms with E-state index in [1.807, 2.05) is 37.3 Å². The van der Waals surface area contributed by atoms with Crippen molar-refractivity contribution in [3.8, 4) is 0 Å². The quantitative estimate of drug-likeness (QED) is 0.773. The van der Waals surface area contributed by atoms with Crippen LogP contribution < -0.4 is 5.32 Å². The zero-order valence-corrected chi connectivity index (χ0v) is 16.8. The standard InChI is InChI=1S/C21H26N2O4S/c1-2-20(18-6-4-3-5-7-18)22-21(24)19-10-8-17(9-11-19)16-28(25,26)23-12-14-27-15-13-23/h3-11,20H,2,12-16H2,1H3,(H,22,24)/t20-/m0/s1. The summed E-state index contributed by atoms with van der Waals surface area (Å²) in [4.78, 5) is 12.6. The molecule has 1 aliphatic rings. The third-order valence-corrected chi connectivity index (χ3v) is 6.69. The van der Waals surface area contributed by atoms with Gasteiger partial charge in [-0.1, -0.05) is 49.4 Å². The normalized spacial score (nSPS) is 16.5. The van der Waals surface area contributed by atoms with E-state index in [0.717, 1.165) is 12.0 Å². The molecular formula is C21H26N2O4S. The van der Waals surface area contributed by atoms with E-state index in [-0.39, 0.29) is 17.7 Å². The van der Waals surface area contributed by atoms with E-state index in [9.17, 15) is 13.2 Å². The third-order valence-electron chi connectivity index (χ3n) is 4.84. The highest BCUT2D eigenvalue weighted by Crippen LogP contribution is 2.18. The van der Waals surface area contributed by atoms with Gasteiger partial charge in [0.05, 0.1) is 25.0 Å². The highest BCUT2D eigenvalue weighted by atomic mass is 32.2. The molecule has 1 amide bonds. The van der Waals surface area contributed by atoms with Gasteiger partial charge in [-0.05, 0) is 29.7 Å². The van der Waals surface area contributed by atoms with Crippen LogP contribution >= 0.6 is 0 Å². The summed E-state index contributed by atoms with van der Waals surface area (Å²) in [6.07, 6.45) is 0.783. The molecule has 150 valence electrons. The average Bonchev–Trinajstić information content (AvgIpc) is 2.73. The lowest BCUT2D eigenvalue weighted by Gasteiger charge is -2.26. The SMILES string of the molecule is CC[C@H](NC(=O)c1ccc(CS(=O)(=O)N2CCOCC2)cc1)c1ccccc1. The topological polar surface area (TPSA) is 75.7 Å². The van der Waals surface area contributed by atoms with E-state index >= 15 is 0 Å². The monoisotopic (exact) mass is 402 g/mol. The summed E-state index contributed by atoms with van der Waals surface area (Å²) in [7, 11) is -3.38. The van der Waals surface area contributed by atoms with Gasteiger partial charge in [0.2, 0.25) is 10.0 Å². The number of hydrogen-bond donors (Lipinski definition) is 1. The number of nitrogens with zero attached hydrogens (tertiary/aromatic N) is 1. The molecule has 1 fully saturated rings. The molecule has 1 aliphatic heterocycles. The number of carbonyl (C=O) groups is 1. The number of carbonyl (C=O) groups excluding carboxylic acids is 1. The number of amides is 1. The van der Waals surface area contributed by atoms with Gasteiger partial charge in [0.1, 0.15) is 0 Å². The van der Waals surface area contributed by atoms with Crippen molar-refractivity contribution in [2.45, 2.75) is 25.1 Å². The zero-order valence-electron chi connectivity index (χ0n) is 16.0. The van der Waals surface area contributed by atoms with Crippen LogP contribution in [0.15, 0.2) is 54.6 Å². The van der Waals surface area contributed by atoms with Crippen LogP contribution in [0, 0.1) is 0 Å². The van der Waals surface area contributed by atoms with Gasteiger partial charge in [0, 0.05) is 18.7 Å². The maximum atomic E-state index is 12.6. The second-order valence-corrected chi connectivity index (χ2v) is 8.78. The van der Waals surface area contributed by atoms with Gasteiger partial charge in [0.15, 0.2) is 0 Å². The first-order valence-electron chi connectivity index (χ1n) is 9.50. The molecule has 3 rings (SSSR count). The predicted octanol–water partition coefficient (Wildman–Crippen LogP) is 2.73. The van der Waals surface area contributed by atoms with Gasteiger partial charge < -0.3 is 10.1 Å². The fourth-order valence-electron chi connectivity index (χ4n) is 3.23. The van der Waals surface area contributed by atoms with Gasteiger partial charge in [0.25, 0.3) is 5.91 Å². The number of morpholine rings is 1. The molecule has 1 saturated heterocycles. The molecular weight excluding hydrogens is 376 g/mol. The summed E-state index contributed by atoms with van der Waals surface area (Å²) in [6.45, 7) is 3.66. The first kappa shape index (κ1) is 20.5. The summed E-state index contributed by atoms with van der Waals surface area (Å²) in [5.41, 5.74) is 2.24. The first-order chi connectivity index (χ1) is 13.5. The third kappa shape index (κ3) is 5.19. The summed E-state index contributed by atoms with van der Waals surface area (Å²) in [5.74, 6) is -0.241. The Morgan fingerprint density at radius 3 is 2.32 bits per heavy atom. The minimum absolute atomic E-state index is 0.0601. The number of rotatable bonds is 7. The number of hydrogen-bond acceptors (Lipinski definition) is 4. The van der Waals surface area contributed by atoms with Crippen molar-refractivity contribution >= 4 is 15.9 Å². The van der Waals surface area contributed by atoms with Crippen LogP contribution in [0.5, 0.6) is 0 Å². The van der Waals surface area contributed by atoms with E-state index in [2.05, 4.69) is 5.32 Å². The van der Waals surface area contributed by atoms with Crippen LogP contribution in [-0.2, 0) is 20.5 Å². The molecule has 6 nitrogen and oxygen atoms in total. The smallest absolute Gasteiger partial charge is 0.251 e. The molecule has 0 bridgehead atoms. The van der Waals surface area contributed by atoms with Crippen LogP contribution in [0.25, 0.3) is 0 Å². The Morgan fingerprint density at radius 2 is 1.71 bits per heavy atom. The summed E-state index contributed by atoms with van der Waals surface area (Å²) < 4.78 is 31.7. The van der Waals surface area contributed by atoms with Crippen LogP contribution in [-0.4, -0.2) is 44.9 Å². The van der Waals surface area contributed by atoms with Crippen molar-refractivity contribution in [1.82, 2.24) is 9.62 Å². The Kier molecular flexibility index (Phi) is 6.83. The molecule has 1 heterocycles. The van der Waals surface area contributed by atoms with Crippen molar-refractivity contribution in [1.29, 1.82) is 0 Å². The Balaban J connectivity index is 1.64. The van der Waals surface area contributed by atoms with Crippen LogP contribution in [0.4, 0.5) is 0 Å². The molecule has 0 spiro atoms. The number of nitrogens with one attached hydrogen (secondary N) is 1. The Labute approximate surface area is 166 Å². The lowest BCUT2D eigenvalue weighted by Crippen LogP contribution is -2.41. The van der Waals surface area contributed by atoms with Crippen LogP contribution in [0.2, 0.25) is 0 Å². The van der Waals surface area contributed by atoms with Crippen molar-refractivity contribution in [2.24, 2.45) is 0 Å². The molecule has 2 aromatic rings. The van der Waals surface area contributed by atoms with E-state index in [1.165, 1.54) is 4.31 Å². The molecule has 1 N–H and O–H groups in total. The maximum absolute atomic E-state index is 12.6. The summed E-state index contributed by atoms with van der Waals surface area (Å²) >= 11 is 0. The van der Waals surface area contributed by atoms with E-state index in [4.69, 9.17) is 4.74 Å². The fourth-order valence-corrected chi connectivity index (χ4v) is 4.73. The number of ether oxygens (including phenoxy) is 1. The Hall–Kier alpha value is -2.22. The van der Waals surface area contributed by atoms with Crippen molar-refractivity contribution < 1.29 is 17.9 Å². The molecule has 0 radical (unpaired) electrons. The summed E-state index contributed by atoms with van der Waals surface area (Å²) in [5, 5.41) is 3.04. The van der Waals surface area contributed by atoms with E-state index < -0.39 is 10.0 Å². The van der Waals surface area contributed by atoms with Crippen molar-refractivity contribution in [3.05, 3.63) is 71.3 Å². The van der Waals surface area contributed by atoms with E-state index in [1.54, 1.807) is 24.3 Å². The van der Waals surface area contributed by atoms with Gasteiger partial charge in [-0.25, -0.2) is 8.42 Å². The van der Waals surface area contributed by atoms with Gasteiger partial charge in [-0.15, -0.1) is 0 Å². The number of benzene rings is 2. The van der Waals surface area contributed by atoms with Crippen molar-refractivity contribution in [2.75, 3.05) is 26.3 Å².